The fourth-order valence-corrected chi connectivity index (χ4v) is 3.95. The molecule has 1 rings (SSSR count). The first kappa shape index (κ1) is 18.9. The third kappa shape index (κ3) is 5.54. The number of allylic oxidation sites excluding steroid dienone is 2. The second kappa shape index (κ2) is 8.50. The molecule has 0 spiro atoms. The normalized spacial score (nSPS) is 12.0. The van der Waals surface area contributed by atoms with Gasteiger partial charge in [-0.15, -0.1) is 0 Å². The van der Waals surface area contributed by atoms with Gasteiger partial charge in [0.2, 0.25) is 0 Å². The summed E-state index contributed by atoms with van der Waals surface area (Å²) in [5, 5.41) is 18.2. The molecule has 0 aromatic heterocycles. The molecule has 5 heteroatoms. The number of hydrogen-bond donors (Lipinski definition) is 0. The molecule has 122 valence electrons. The largest absolute Gasteiger partial charge is 0.224 e. The van der Waals surface area contributed by atoms with Gasteiger partial charge in [0.25, 0.3) is 0 Å². The van der Waals surface area contributed by atoms with Crippen LogP contribution < -0.4 is 0 Å². The molecule has 0 amide bonds. The summed E-state index contributed by atoms with van der Waals surface area (Å²) in [6, 6.07) is 8.08. The second-order valence-electron chi connectivity index (χ2n) is 5.97. The molecule has 0 bridgehead atoms. The summed E-state index contributed by atoms with van der Waals surface area (Å²) in [5.74, 6) is 0.275. The van der Waals surface area contributed by atoms with Gasteiger partial charge in [-0.25, -0.2) is 8.42 Å². The molecule has 1 atom stereocenters. The summed E-state index contributed by atoms with van der Waals surface area (Å²) >= 11 is 0. The van der Waals surface area contributed by atoms with Gasteiger partial charge in [-0.3, -0.25) is 0 Å². The van der Waals surface area contributed by atoms with E-state index in [2.05, 4.69) is 6.08 Å². The number of nitrogens with zero attached hydrogens (tertiary/aromatic N) is 2. The Bertz CT molecular complexity index is 761. The highest BCUT2D eigenvalue weighted by atomic mass is 32.2. The number of benzene rings is 1. The lowest BCUT2D eigenvalue weighted by Crippen LogP contribution is -2.12. The van der Waals surface area contributed by atoms with Crippen molar-refractivity contribution >= 4 is 9.84 Å². The topological polar surface area (TPSA) is 81.7 Å². The Morgan fingerprint density at radius 3 is 2.48 bits per heavy atom. The van der Waals surface area contributed by atoms with Crippen molar-refractivity contribution in [3.8, 4) is 12.1 Å². The monoisotopic (exact) mass is 330 g/mol. The Balaban J connectivity index is 2.84. The fourth-order valence-electron chi connectivity index (χ4n) is 2.27. The maximum Gasteiger partial charge on any atom is 0.179 e. The van der Waals surface area contributed by atoms with Crippen LogP contribution in [0.3, 0.4) is 0 Å². The average Bonchev–Trinajstić information content (AvgIpc) is 2.51. The molecule has 0 fully saturated rings. The lowest BCUT2D eigenvalue weighted by atomic mass is 10.0. The van der Waals surface area contributed by atoms with Crippen molar-refractivity contribution in [3.05, 3.63) is 41.0 Å². The summed E-state index contributed by atoms with van der Waals surface area (Å²) in [6.45, 7) is 6.12. The molecule has 1 unspecified atom stereocenters. The lowest BCUT2D eigenvalue weighted by Gasteiger charge is -2.12. The highest BCUT2D eigenvalue weighted by molar-refractivity contribution is 7.91. The number of rotatable bonds is 7. The average molecular weight is 330 g/mol. The maximum absolute atomic E-state index is 12.5. The zero-order valence-corrected chi connectivity index (χ0v) is 14.7. The van der Waals surface area contributed by atoms with Gasteiger partial charge >= 0.3 is 0 Å². The van der Waals surface area contributed by atoms with Gasteiger partial charge in [0.15, 0.2) is 9.84 Å². The van der Waals surface area contributed by atoms with Crippen LogP contribution in [0.15, 0.2) is 34.7 Å². The quantitative estimate of drug-likeness (QED) is 0.708. The Morgan fingerprint density at radius 1 is 1.22 bits per heavy atom. The molecule has 0 saturated carbocycles. The minimum absolute atomic E-state index is 0.00739. The predicted molar refractivity (Wildman–Crippen MR) is 90.4 cm³/mol. The molecular weight excluding hydrogens is 308 g/mol. The SMILES string of the molecule is CC(C)=CCCC(C)CCS(=O)(=O)c1cccc(C#N)c1C#N. The molecule has 0 aliphatic heterocycles. The molecule has 1 aromatic carbocycles. The molecule has 0 heterocycles. The van der Waals surface area contributed by atoms with Gasteiger partial charge in [0, 0.05) is 0 Å². The maximum atomic E-state index is 12.5. The first-order chi connectivity index (χ1) is 10.8. The van der Waals surface area contributed by atoms with Crippen molar-refractivity contribution in [3.63, 3.8) is 0 Å². The van der Waals surface area contributed by atoms with Crippen LogP contribution in [0.1, 0.15) is 51.2 Å². The molecule has 1 aromatic rings. The van der Waals surface area contributed by atoms with Crippen molar-refractivity contribution in [1.29, 1.82) is 10.5 Å². The Kier molecular flexibility index (Phi) is 7.00. The van der Waals surface area contributed by atoms with E-state index in [1.807, 2.05) is 32.9 Å². The minimum atomic E-state index is -3.56. The van der Waals surface area contributed by atoms with Crippen molar-refractivity contribution in [2.75, 3.05) is 5.75 Å². The summed E-state index contributed by atoms with van der Waals surface area (Å²) in [6.07, 6.45) is 4.57. The Labute approximate surface area is 139 Å². The molecular formula is C18H22N2O2S. The van der Waals surface area contributed by atoms with Crippen LogP contribution in [0.25, 0.3) is 0 Å². The van der Waals surface area contributed by atoms with E-state index in [0.717, 1.165) is 12.8 Å². The highest BCUT2D eigenvalue weighted by Gasteiger charge is 2.21. The first-order valence-corrected chi connectivity index (χ1v) is 9.26. The Hall–Kier alpha value is -2.11. The van der Waals surface area contributed by atoms with E-state index >= 15 is 0 Å². The Morgan fingerprint density at radius 2 is 1.91 bits per heavy atom. The summed E-state index contributed by atoms with van der Waals surface area (Å²) in [5.41, 5.74) is 1.31. The van der Waals surface area contributed by atoms with Gasteiger partial charge in [-0.2, -0.15) is 10.5 Å². The molecule has 0 saturated heterocycles. The van der Waals surface area contributed by atoms with E-state index in [1.54, 1.807) is 0 Å². The van der Waals surface area contributed by atoms with Gasteiger partial charge < -0.3 is 0 Å². The molecule has 0 aliphatic rings. The number of nitriles is 2. The fraction of sp³-hybridized carbons (Fsp3) is 0.444. The van der Waals surface area contributed by atoms with Crippen LogP contribution in [0.5, 0.6) is 0 Å². The third-order valence-electron chi connectivity index (χ3n) is 3.68. The van der Waals surface area contributed by atoms with Crippen LogP contribution in [0.2, 0.25) is 0 Å². The van der Waals surface area contributed by atoms with E-state index < -0.39 is 9.84 Å². The molecule has 4 nitrogen and oxygen atoms in total. The molecule has 23 heavy (non-hydrogen) atoms. The van der Waals surface area contributed by atoms with Crippen molar-refractivity contribution in [2.45, 2.75) is 44.9 Å². The van der Waals surface area contributed by atoms with Crippen LogP contribution in [0, 0.1) is 28.6 Å². The molecule has 0 N–H and O–H groups in total. The standard InChI is InChI=1S/C18H22N2O2S/c1-14(2)6-4-7-15(3)10-11-23(21,22)18-9-5-8-16(12-19)17(18)13-20/h5-6,8-9,15H,4,7,10-11H2,1-3H3. The zero-order valence-electron chi connectivity index (χ0n) is 13.8. The van der Waals surface area contributed by atoms with Crippen LogP contribution in [-0.4, -0.2) is 14.2 Å². The summed E-state index contributed by atoms with van der Waals surface area (Å²) < 4.78 is 25.0. The van der Waals surface area contributed by atoms with Gasteiger partial charge in [-0.1, -0.05) is 24.6 Å². The van der Waals surface area contributed by atoms with Crippen LogP contribution >= 0.6 is 0 Å². The summed E-state index contributed by atoms with van der Waals surface area (Å²) in [4.78, 5) is -0.0319. The van der Waals surface area contributed by atoms with E-state index in [1.165, 1.54) is 23.8 Å². The smallest absolute Gasteiger partial charge is 0.179 e. The summed E-state index contributed by atoms with van der Waals surface area (Å²) in [7, 11) is -3.56. The van der Waals surface area contributed by atoms with Crippen molar-refractivity contribution in [2.24, 2.45) is 5.92 Å². The van der Waals surface area contributed by atoms with Gasteiger partial charge in [-0.05, 0) is 51.2 Å². The molecule has 0 radical (unpaired) electrons. The molecule has 0 aliphatic carbocycles. The van der Waals surface area contributed by atoms with Gasteiger partial charge in [0.1, 0.15) is 12.1 Å². The van der Waals surface area contributed by atoms with Crippen molar-refractivity contribution < 1.29 is 8.42 Å². The zero-order chi connectivity index (χ0) is 17.5. The number of sulfone groups is 1. The van der Waals surface area contributed by atoms with Crippen LogP contribution in [-0.2, 0) is 9.84 Å². The van der Waals surface area contributed by atoms with E-state index in [9.17, 15) is 8.42 Å². The predicted octanol–water partition coefficient (Wildman–Crippen LogP) is 3.98. The van der Waals surface area contributed by atoms with Gasteiger partial charge in [0.05, 0.1) is 21.8 Å². The first-order valence-electron chi connectivity index (χ1n) is 7.61. The van der Waals surface area contributed by atoms with E-state index in [4.69, 9.17) is 10.5 Å². The van der Waals surface area contributed by atoms with Crippen molar-refractivity contribution in [1.82, 2.24) is 0 Å². The minimum Gasteiger partial charge on any atom is -0.224 e. The highest BCUT2D eigenvalue weighted by Crippen LogP contribution is 2.22. The van der Waals surface area contributed by atoms with E-state index in [-0.39, 0.29) is 27.7 Å². The number of hydrogen-bond acceptors (Lipinski definition) is 4. The lowest BCUT2D eigenvalue weighted by molar-refractivity contribution is 0.513. The van der Waals surface area contributed by atoms with E-state index in [0.29, 0.717) is 6.42 Å². The third-order valence-corrected chi connectivity index (χ3v) is 5.47. The van der Waals surface area contributed by atoms with Crippen LogP contribution in [0.4, 0.5) is 0 Å². The second-order valence-corrected chi connectivity index (χ2v) is 8.05.